The smallest absolute Gasteiger partial charge is 0.302 e. The van der Waals surface area contributed by atoms with Gasteiger partial charge in [0.05, 0.1) is 6.61 Å². The van der Waals surface area contributed by atoms with Gasteiger partial charge < -0.3 is 4.74 Å². The van der Waals surface area contributed by atoms with Crippen LogP contribution >= 0.6 is 11.6 Å². The van der Waals surface area contributed by atoms with Crippen molar-refractivity contribution in [3.05, 3.63) is 0 Å². The summed E-state index contributed by atoms with van der Waals surface area (Å²) in [5.74, 6) is -0.227. The van der Waals surface area contributed by atoms with E-state index in [4.69, 9.17) is 16.3 Å². The van der Waals surface area contributed by atoms with E-state index in [0.717, 1.165) is 25.7 Å². The Morgan fingerprint density at radius 3 is 2.67 bits per heavy atom. The molecule has 0 bridgehead atoms. The number of carbonyl (C=O) groups is 1. The average molecular weight is 193 g/mol. The zero-order valence-electron chi connectivity index (χ0n) is 7.81. The second-order valence-electron chi connectivity index (χ2n) is 2.87. The van der Waals surface area contributed by atoms with Crippen LogP contribution in [0.4, 0.5) is 0 Å². The first-order valence-electron chi connectivity index (χ1n) is 4.44. The molecule has 1 unspecified atom stereocenters. The van der Waals surface area contributed by atoms with Crippen molar-refractivity contribution in [3.63, 3.8) is 0 Å². The molecule has 0 aromatic rings. The van der Waals surface area contributed by atoms with Crippen LogP contribution in [0.2, 0.25) is 0 Å². The Morgan fingerprint density at radius 1 is 1.50 bits per heavy atom. The summed E-state index contributed by atoms with van der Waals surface area (Å²) in [6.07, 6.45) is 4.09. The molecule has 0 spiro atoms. The van der Waals surface area contributed by atoms with Crippen molar-refractivity contribution >= 4 is 17.6 Å². The van der Waals surface area contributed by atoms with Gasteiger partial charge in [-0.2, -0.15) is 0 Å². The molecular weight excluding hydrogens is 176 g/mol. The lowest BCUT2D eigenvalue weighted by atomic mass is 10.1. The number of esters is 1. The van der Waals surface area contributed by atoms with Crippen molar-refractivity contribution in [2.45, 2.75) is 44.9 Å². The molecule has 2 nitrogen and oxygen atoms in total. The summed E-state index contributed by atoms with van der Waals surface area (Å²) in [6.45, 7) is 4.00. The van der Waals surface area contributed by atoms with Crippen LogP contribution in [0.5, 0.6) is 0 Å². The van der Waals surface area contributed by atoms with E-state index in [9.17, 15) is 4.79 Å². The quantitative estimate of drug-likeness (QED) is 0.478. The van der Waals surface area contributed by atoms with Gasteiger partial charge in [0.2, 0.25) is 0 Å². The van der Waals surface area contributed by atoms with E-state index in [1.54, 1.807) is 0 Å². The number of ether oxygens (including phenoxy) is 1. The highest BCUT2D eigenvalue weighted by atomic mass is 35.5. The number of hydrogen-bond donors (Lipinski definition) is 0. The third kappa shape index (κ3) is 7.86. The maximum Gasteiger partial charge on any atom is 0.302 e. The molecule has 0 aliphatic heterocycles. The summed E-state index contributed by atoms with van der Waals surface area (Å²) in [5.41, 5.74) is 0. The Labute approximate surface area is 79.2 Å². The van der Waals surface area contributed by atoms with Crippen molar-refractivity contribution in [3.8, 4) is 0 Å². The highest BCUT2D eigenvalue weighted by Crippen LogP contribution is 2.11. The largest absolute Gasteiger partial charge is 0.466 e. The molecule has 0 amide bonds. The fraction of sp³-hybridized carbons (Fsp3) is 0.889. The molecule has 0 aliphatic carbocycles. The maximum atomic E-state index is 10.4. The Kier molecular flexibility index (Phi) is 7.26. The molecule has 0 aromatic carbocycles. The summed E-state index contributed by atoms with van der Waals surface area (Å²) < 4.78 is 4.77. The van der Waals surface area contributed by atoms with Gasteiger partial charge in [-0.1, -0.05) is 19.8 Å². The SMILES string of the molecule is CCCCC(Cl)CCOC(C)=O. The average Bonchev–Trinajstić information content (AvgIpc) is 2.00. The number of unbranched alkanes of at least 4 members (excludes halogenated alkanes) is 1. The molecule has 0 aliphatic rings. The Balaban J connectivity index is 3.19. The first-order chi connectivity index (χ1) is 5.66. The van der Waals surface area contributed by atoms with Crippen molar-refractivity contribution in [2.24, 2.45) is 0 Å². The van der Waals surface area contributed by atoms with Crippen LogP contribution in [0.15, 0.2) is 0 Å². The molecule has 0 fully saturated rings. The highest BCUT2D eigenvalue weighted by molar-refractivity contribution is 6.20. The second kappa shape index (κ2) is 7.41. The molecule has 0 radical (unpaired) electrons. The molecule has 0 rings (SSSR count). The molecule has 0 aromatic heterocycles. The standard InChI is InChI=1S/C9H17ClO2/c1-3-4-5-9(10)6-7-12-8(2)11/h9H,3-7H2,1-2H3. The van der Waals surface area contributed by atoms with Crippen LogP contribution < -0.4 is 0 Å². The Bertz CT molecular complexity index is 126. The molecule has 12 heavy (non-hydrogen) atoms. The summed E-state index contributed by atoms with van der Waals surface area (Å²) in [6, 6.07) is 0. The zero-order chi connectivity index (χ0) is 9.40. The van der Waals surface area contributed by atoms with Gasteiger partial charge in [0.15, 0.2) is 0 Å². The molecule has 72 valence electrons. The van der Waals surface area contributed by atoms with Crippen molar-refractivity contribution in [2.75, 3.05) is 6.61 Å². The molecular formula is C9H17ClO2. The van der Waals surface area contributed by atoms with Gasteiger partial charge in [0, 0.05) is 12.3 Å². The van der Waals surface area contributed by atoms with Gasteiger partial charge in [-0.3, -0.25) is 4.79 Å². The first kappa shape index (κ1) is 11.8. The number of carbonyl (C=O) groups excluding carboxylic acids is 1. The minimum absolute atomic E-state index is 0.157. The predicted molar refractivity (Wildman–Crippen MR) is 50.4 cm³/mol. The summed E-state index contributed by atoms with van der Waals surface area (Å²) in [7, 11) is 0. The van der Waals surface area contributed by atoms with Crippen LogP contribution in [-0.4, -0.2) is 18.0 Å². The van der Waals surface area contributed by atoms with Gasteiger partial charge >= 0.3 is 5.97 Å². The minimum atomic E-state index is -0.227. The van der Waals surface area contributed by atoms with E-state index in [2.05, 4.69) is 6.92 Å². The molecule has 0 heterocycles. The van der Waals surface area contributed by atoms with Crippen LogP contribution in [-0.2, 0) is 9.53 Å². The third-order valence-electron chi connectivity index (χ3n) is 1.61. The maximum absolute atomic E-state index is 10.4. The molecule has 3 heteroatoms. The molecule has 0 saturated heterocycles. The second-order valence-corrected chi connectivity index (χ2v) is 3.49. The Hall–Kier alpha value is -0.240. The number of rotatable bonds is 6. The zero-order valence-corrected chi connectivity index (χ0v) is 8.56. The number of hydrogen-bond acceptors (Lipinski definition) is 2. The van der Waals surface area contributed by atoms with Crippen LogP contribution in [0.3, 0.4) is 0 Å². The normalized spacial score (nSPS) is 12.6. The van der Waals surface area contributed by atoms with E-state index in [0.29, 0.717) is 6.61 Å². The lowest BCUT2D eigenvalue weighted by Gasteiger charge is -2.07. The van der Waals surface area contributed by atoms with Crippen LogP contribution in [0.1, 0.15) is 39.5 Å². The fourth-order valence-corrected chi connectivity index (χ4v) is 1.14. The fourth-order valence-electron chi connectivity index (χ4n) is 0.900. The van der Waals surface area contributed by atoms with Gasteiger partial charge in [-0.25, -0.2) is 0 Å². The topological polar surface area (TPSA) is 26.3 Å². The van der Waals surface area contributed by atoms with Gasteiger partial charge in [0.25, 0.3) is 0 Å². The van der Waals surface area contributed by atoms with Gasteiger partial charge in [-0.05, 0) is 12.8 Å². The monoisotopic (exact) mass is 192 g/mol. The van der Waals surface area contributed by atoms with Gasteiger partial charge in [0.1, 0.15) is 0 Å². The van der Waals surface area contributed by atoms with Crippen LogP contribution in [0, 0.1) is 0 Å². The number of halogens is 1. The third-order valence-corrected chi connectivity index (χ3v) is 2.04. The Morgan fingerprint density at radius 2 is 2.17 bits per heavy atom. The van der Waals surface area contributed by atoms with E-state index in [1.165, 1.54) is 6.92 Å². The van der Waals surface area contributed by atoms with Crippen molar-refractivity contribution < 1.29 is 9.53 Å². The summed E-state index contributed by atoms with van der Waals surface area (Å²) in [5, 5.41) is 0.157. The molecule has 0 saturated carbocycles. The summed E-state index contributed by atoms with van der Waals surface area (Å²) in [4.78, 5) is 10.4. The van der Waals surface area contributed by atoms with Crippen LogP contribution in [0.25, 0.3) is 0 Å². The van der Waals surface area contributed by atoms with Gasteiger partial charge in [-0.15, -0.1) is 11.6 Å². The van der Waals surface area contributed by atoms with E-state index < -0.39 is 0 Å². The minimum Gasteiger partial charge on any atom is -0.466 e. The van der Waals surface area contributed by atoms with Crippen molar-refractivity contribution in [1.29, 1.82) is 0 Å². The lowest BCUT2D eigenvalue weighted by molar-refractivity contribution is -0.141. The highest BCUT2D eigenvalue weighted by Gasteiger charge is 2.04. The molecule has 0 N–H and O–H groups in total. The summed E-state index contributed by atoms with van der Waals surface area (Å²) >= 11 is 5.95. The number of alkyl halides is 1. The predicted octanol–water partition coefficient (Wildman–Crippen LogP) is 2.74. The molecule has 1 atom stereocenters. The lowest BCUT2D eigenvalue weighted by Crippen LogP contribution is -2.07. The van der Waals surface area contributed by atoms with E-state index in [1.807, 2.05) is 0 Å². The van der Waals surface area contributed by atoms with E-state index in [-0.39, 0.29) is 11.3 Å². The van der Waals surface area contributed by atoms with Crippen molar-refractivity contribution in [1.82, 2.24) is 0 Å². The first-order valence-corrected chi connectivity index (χ1v) is 4.88. The van der Waals surface area contributed by atoms with E-state index >= 15 is 0 Å².